The predicted molar refractivity (Wildman–Crippen MR) is 123 cm³/mol. The molecule has 6 nitrogen and oxygen atoms in total. The highest BCUT2D eigenvalue weighted by molar-refractivity contribution is 5.79. The Labute approximate surface area is 186 Å². The SMILES string of the molecule is O=C(Cn1c(=O)oc2ccccc21)N1CCN(C(c2ccccc2)c2ccccc2)CC1. The van der Waals surface area contributed by atoms with Gasteiger partial charge in [0.25, 0.3) is 0 Å². The standard InChI is InChI=1S/C26H25N3O3/c30-24(19-29-22-13-7-8-14-23(22)32-26(29)31)27-15-17-28(18-16-27)25(20-9-3-1-4-10-20)21-11-5-2-6-12-21/h1-14,25H,15-19H2. The van der Waals surface area contributed by atoms with Crippen LogP contribution in [0.1, 0.15) is 17.2 Å². The second kappa shape index (κ2) is 8.85. The van der Waals surface area contributed by atoms with Gasteiger partial charge in [0.15, 0.2) is 5.58 Å². The Balaban J connectivity index is 1.31. The van der Waals surface area contributed by atoms with Crippen LogP contribution in [-0.4, -0.2) is 46.5 Å². The van der Waals surface area contributed by atoms with Gasteiger partial charge in [-0.25, -0.2) is 4.79 Å². The molecule has 0 spiro atoms. The minimum absolute atomic E-state index is 0.00333. The van der Waals surface area contributed by atoms with Gasteiger partial charge in [-0.05, 0) is 23.3 Å². The van der Waals surface area contributed by atoms with Crippen molar-refractivity contribution < 1.29 is 9.21 Å². The first-order valence-electron chi connectivity index (χ1n) is 10.9. The highest BCUT2D eigenvalue weighted by atomic mass is 16.4. The van der Waals surface area contributed by atoms with E-state index in [0.717, 1.165) is 13.1 Å². The van der Waals surface area contributed by atoms with Gasteiger partial charge in [0.1, 0.15) is 6.54 Å². The van der Waals surface area contributed by atoms with Crippen LogP contribution < -0.4 is 5.76 Å². The lowest BCUT2D eigenvalue weighted by atomic mass is 9.96. The predicted octanol–water partition coefficient (Wildman–Crippen LogP) is 3.53. The van der Waals surface area contributed by atoms with Gasteiger partial charge in [-0.3, -0.25) is 14.3 Å². The van der Waals surface area contributed by atoms with Gasteiger partial charge in [0.05, 0.1) is 11.6 Å². The monoisotopic (exact) mass is 427 g/mol. The molecule has 32 heavy (non-hydrogen) atoms. The summed E-state index contributed by atoms with van der Waals surface area (Å²) >= 11 is 0. The zero-order valence-electron chi connectivity index (χ0n) is 17.8. The lowest BCUT2D eigenvalue weighted by Gasteiger charge is -2.39. The summed E-state index contributed by atoms with van der Waals surface area (Å²) in [5, 5.41) is 0. The quantitative estimate of drug-likeness (QED) is 0.489. The van der Waals surface area contributed by atoms with E-state index in [1.807, 2.05) is 29.2 Å². The molecule has 4 aromatic rings. The summed E-state index contributed by atoms with van der Waals surface area (Å²) in [6.45, 7) is 2.78. The zero-order chi connectivity index (χ0) is 21.9. The maximum absolute atomic E-state index is 13.0. The highest BCUT2D eigenvalue weighted by Crippen LogP contribution is 2.29. The van der Waals surface area contributed by atoms with Crippen LogP contribution in [0.2, 0.25) is 0 Å². The molecule has 1 saturated heterocycles. The molecule has 0 N–H and O–H groups in total. The molecule has 5 rings (SSSR count). The molecule has 3 aromatic carbocycles. The first kappa shape index (κ1) is 20.3. The number of benzene rings is 3. The number of amides is 1. The van der Waals surface area contributed by atoms with Crippen molar-refractivity contribution in [3.05, 3.63) is 107 Å². The van der Waals surface area contributed by atoms with Crippen molar-refractivity contribution in [2.45, 2.75) is 12.6 Å². The van der Waals surface area contributed by atoms with Gasteiger partial charge >= 0.3 is 5.76 Å². The number of aromatic nitrogens is 1. The van der Waals surface area contributed by atoms with Crippen molar-refractivity contribution in [2.75, 3.05) is 26.2 Å². The average Bonchev–Trinajstić information content (AvgIpc) is 3.16. The van der Waals surface area contributed by atoms with E-state index in [1.54, 1.807) is 12.1 Å². The molecule has 1 aromatic heterocycles. The third-order valence-electron chi connectivity index (χ3n) is 6.13. The van der Waals surface area contributed by atoms with Crippen molar-refractivity contribution in [1.82, 2.24) is 14.4 Å². The van der Waals surface area contributed by atoms with Crippen LogP contribution in [0.25, 0.3) is 11.1 Å². The summed E-state index contributed by atoms with van der Waals surface area (Å²) in [5.41, 5.74) is 3.64. The topological polar surface area (TPSA) is 58.7 Å². The van der Waals surface area contributed by atoms with Crippen LogP contribution in [0.15, 0.2) is 94.1 Å². The number of nitrogens with zero attached hydrogens (tertiary/aromatic N) is 3. The van der Waals surface area contributed by atoms with E-state index in [9.17, 15) is 9.59 Å². The van der Waals surface area contributed by atoms with Crippen LogP contribution in [-0.2, 0) is 11.3 Å². The Hall–Kier alpha value is -3.64. The number of rotatable bonds is 5. The maximum Gasteiger partial charge on any atom is 0.420 e. The maximum atomic E-state index is 13.0. The Morgan fingerprint density at radius 2 is 1.34 bits per heavy atom. The Bertz CT molecular complexity index is 1220. The number of fused-ring (bicyclic) bond motifs is 1. The van der Waals surface area contributed by atoms with Gasteiger partial charge in [0, 0.05) is 26.2 Å². The molecule has 1 aliphatic heterocycles. The van der Waals surface area contributed by atoms with E-state index in [-0.39, 0.29) is 18.5 Å². The molecule has 0 saturated carbocycles. The number of piperazine rings is 1. The zero-order valence-corrected chi connectivity index (χ0v) is 17.8. The van der Waals surface area contributed by atoms with E-state index >= 15 is 0 Å². The summed E-state index contributed by atoms with van der Waals surface area (Å²) in [4.78, 5) is 29.5. The second-order valence-corrected chi connectivity index (χ2v) is 8.06. The number of carbonyl (C=O) groups is 1. The fourth-order valence-electron chi connectivity index (χ4n) is 4.51. The highest BCUT2D eigenvalue weighted by Gasteiger charge is 2.28. The van der Waals surface area contributed by atoms with Crippen molar-refractivity contribution in [3.8, 4) is 0 Å². The Morgan fingerprint density at radius 1 is 0.781 bits per heavy atom. The van der Waals surface area contributed by atoms with Crippen molar-refractivity contribution in [3.63, 3.8) is 0 Å². The van der Waals surface area contributed by atoms with Crippen LogP contribution in [0.3, 0.4) is 0 Å². The molecule has 0 atom stereocenters. The molecular formula is C26H25N3O3. The lowest BCUT2D eigenvalue weighted by molar-refractivity contribution is -0.133. The number of oxazole rings is 1. The molecular weight excluding hydrogens is 402 g/mol. The number of carbonyl (C=O) groups excluding carboxylic acids is 1. The molecule has 1 amide bonds. The van der Waals surface area contributed by atoms with Gasteiger partial charge < -0.3 is 9.32 Å². The summed E-state index contributed by atoms with van der Waals surface area (Å²) in [7, 11) is 0. The molecule has 0 unspecified atom stereocenters. The van der Waals surface area contributed by atoms with E-state index in [0.29, 0.717) is 24.2 Å². The molecule has 0 aliphatic carbocycles. The molecule has 2 heterocycles. The molecule has 0 radical (unpaired) electrons. The third-order valence-corrected chi connectivity index (χ3v) is 6.13. The number of hydrogen-bond donors (Lipinski definition) is 0. The van der Waals surface area contributed by atoms with Gasteiger partial charge in [-0.1, -0.05) is 72.8 Å². The van der Waals surface area contributed by atoms with Crippen molar-refractivity contribution in [2.24, 2.45) is 0 Å². The third kappa shape index (κ3) is 3.97. The molecule has 1 fully saturated rings. The molecule has 0 bridgehead atoms. The Kier molecular flexibility index (Phi) is 5.60. The van der Waals surface area contributed by atoms with Crippen molar-refractivity contribution in [1.29, 1.82) is 0 Å². The number of para-hydroxylation sites is 2. The van der Waals surface area contributed by atoms with Gasteiger partial charge in [-0.15, -0.1) is 0 Å². The van der Waals surface area contributed by atoms with Crippen LogP contribution in [0, 0.1) is 0 Å². The summed E-state index contributed by atoms with van der Waals surface area (Å²) < 4.78 is 6.68. The smallest absolute Gasteiger partial charge is 0.408 e. The minimum atomic E-state index is -0.494. The van der Waals surface area contributed by atoms with Crippen molar-refractivity contribution >= 4 is 17.0 Å². The van der Waals surface area contributed by atoms with E-state index in [4.69, 9.17) is 4.42 Å². The fraction of sp³-hybridized carbons (Fsp3) is 0.231. The first-order chi connectivity index (χ1) is 15.7. The Morgan fingerprint density at radius 3 is 1.97 bits per heavy atom. The first-order valence-corrected chi connectivity index (χ1v) is 10.9. The van der Waals surface area contributed by atoms with Crippen LogP contribution >= 0.6 is 0 Å². The lowest BCUT2D eigenvalue weighted by Crippen LogP contribution is -2.50. The molecule has 1 aliphatic rings. The van der Waals surface area contributed by atoms with Crippen LogP contribution in [0.5, 0.6) is 0 Å². The molecule has 162 valence electrons. The fourth-order valence-corrected chi connectivity index (χ4v) is 4.51. The average molecular weight is 428 g/mol. The van der Waals surface area contributed by atoms with Crippen LogP contribution in [0.4, 0.5) is 0 Å². The van der Waals surface area contributed by atoms with E-state index in [2.05, 4.69) is 53.4 Å². The van der Waals surface area contributed by atoms with Gasteiger partial charge in [-0.2, -0.15) is 0 Å². The van der Waals surface area contributed by atoms with E-state index in [1.165, 1.54) is 15.7 Å². The normalized spacial score (nSPS) is 14.8. The largest absolute Gasteiger partial charge is 0.420 e. The van der Waals surface area contributed by atoms with E-state index < -0.39 is 5.76 Å². The summed E-state index contributed by atoms with van der Waals surface area (Å²) in [6.07, 6.45) is 0. The second-order valence-electron chi connectivity index (χ2n) is 8.06. The minimum Gasteiger partial charge on any atom is -0.408 e. The summed E-state index contributed by atoms with van der Waals surface area (Å²) in [6, 6.07) is 28.3. The van der Waals surface area contributed by atoms with Gasteiger partial charge in [0.2, 0.25) is 5.91 Å². The summed E-state index contributed by atoms with van der Waals surface area (Å²) in [5.74, 6) is -0.555. The molecule has 6 heteroatoms. The number of hydrogen-bond acceptors (Lipinski definition) is 4.